The Hall–Kier alpha value is -2.87. The lowest BCUT2D eigenvalue weighted by atomic mass is 9.89. The monoisotopic (exact) mass is 441 g/mol. The van der Waals surface area contributed by atoms with Gasteiger partial charge >= 0.3 is 0 Å². The first-order chi connectivity index (χ1) is 15.0. The van der Waals surface area contributed by atoms with E-state index in [4.69, 9.17) is 9.47 Å². The average Bonchev–Trinajstić information content (AvgIpc) is 3.10. The molecule has 1 N–H and O–H groups in total. The maximum absolute atomic E-state index is 13.1. The van der Waals surface area contributed by atoms with Crippen LogP contribution in [0.4, 0.5) is 5.69 Å². The Labute approximate surface area is 185 Å². The van der Waals surface area contributed by atoms with Crippen molar-refractivity contribution in [1.82, 2.24) is 9.55 Å². The number of rotatable bonds is 7. The standard InChI is InChI=1S/C23H27N3O4S/c1-4-29-15-7-9-18(30-5-2)17(11-15)25-20(27)12-26-13-24-22-21(23(26)28)16-8-6-14(3)10-19(16)31-22/h7,9,11,13-14H,4-6,8,10,12H2,1-3H3,(H,25,27). The molecule has 0 saturated heterocycles. The molecule has 2 aromatic heterocycles. The van der Waals surface area contributed by atoms with Crippen molar-refractivity contribution in [3.05, 3.63) is 45.3 Å². The number of hydrogen-bond acceptors (Lipinski definition) is 6. The second kappa shape index (κ2) is 9.09. The number of hydrogen-bond donors (Lipinski definition) is 1. The molecule has 0 radical (unpaired) electrons. The minimum Gasteiger partial charge on any atom is -0.494 e. The van der Waals surface area contributed by atoms with Gasteiger partial charge in [0, 0.05) is 10.9 Å². The molecular weight excluding hydrogens is 414 g/mol. The van der Waals surface area contributed by atoms with Crippen molar-refractivity contribution in [2.24, 2.45) is 5.92 Å². The van der Waals surface area contributed by atoms with E-state index in [9.17, 15) is 9.59 Å². The molecule has 0 aliphatic heterocycles. The van der Waals surface area contributed by atoms with Crippen molar-refractivity contribution in [3.8, 4) is 11.5 Å². The lowest BCUT2D eigenvalue weighted by Gasteiger charge is -2.17. The van der Waals surface area contributed by atoms with Crippen LogP contribution in [-0.4, -0.2) is 28.7 Å². The molecule has 1 unspecified atom stereocenters. The summed E-state index contributed by atoms with van der Waals surface area (Å²) in [5, 5.41) is 3.53. The summed E-state index contributed by atoms with van der Waals surface area (Å²) in [5.41, 5.74) is 1.48. The smallest absolute Gasteiger partial charge is 0.262 e. The summed E-state index contributed by atoms with van der Waals surface area (Å²) in [7, 11) is 0. The van der Waals surface area contributed by atoms with Crippen molar-refractivity contribution in [2.75, 3.05) is 18.5 Å². The molecule has 0 bridgehead atoms. The number of aryl methyl sites for hydroxylation is 1. The van der Waals surface area contributed by atoms with Crippen LogP contribution in [0.5, 0.6) is 11.5 Å². The quantitative estimate of drug-likeness (QED) is 0.599. The second-order valence-corrected chi connectivity index (χ2v) is 8.87. The van der Waals surface area contributed by atoms with Crippen LogP contribution in [0.3, 0.4) is 0 Å². The fourth-order valence-electron chi connectivity index (χ4n) is 3.97. The third kappa shape index (κ3) is 4.44. The van der Waals surface area contributed by atoms with Crippen LogP contribution in [0.1, 0.15) is 37.6 Å². The Bertz CT molecular complexity index is 1170. The third-order valence-electron chi connectivity index (χ3n) is 5.43. The van der Waals surface area contributed by atoms with Crippen LogP contribution in [0, 0.1) is 5.92 Å². The molecule has 1 aliphatic rings. The van der Waals surface area contributed by atoms with Crippen LogP contribution in [-0.2, 0) is 24.2 Å². The second-order valence-electron chi connectivity index (χ2n) is 7.78. The van der Waals surface area contributed by atoms with Crippen molar-refractivity contribution in [2.45, 2.75) is 46.6 Å². The SMILES string of the molecule is CCOc1ccc(OCC)c(NC(=O)Cn2cnc3sc4c(c3c2=O)CCC(C)C4)c1. The zero-order valence-corrected chi connectivity index (χ0v) is 18.9. The van der Waals surface area contributed by atoms with Gasteiger partial charge in [-0.05, 0) is 56.7 Å². The third-order valence-corrected chi connectivity index (χ3v) is 6.59. The van der Waals surface area contributed by atoms with Crippen molar-refractivity contribution in [1.29, 1.82) is 0 Å². The van der Waals surface area contributed by atoms with E-state index in [0.29, 0.717) is 41.7 Å². The lowest BCUT2D eigenvalue weighted by molar-refractivity contribution is -0.116. The molecule has 1 atom stereocenters. The van der Waals surface area contributed by atoms with Gasteiger partial charge in [0.15, 0.2) is 0 Å². The summed E-state index contributed by atoms with van der Waals surface area (Å²) in [4.78, 5) is 32.4. The number of aromatic nitrogens is 2. The number of amides is 1. The fourth-order valence-corrected chi connectivity index (χ4v) is 5.31. The van der Waals surface area contributed by atoms with Crippen LogP contribution < -0.4 is 20.3 Å². The van der Waals surface area contributed by atoms with E-state index >= 15 is 0 Å². The summed E-state index contributed by atoms with van der Waals surface area (Å²) in [5.74, 6) is 1.50. The molecule has 1 aliphatic carbocycles. The van der Waals surface area contributed by atoms with Crippen LogP contribution in [0.25, 0.3) is 10.2 Å². The van der Waals surface area contributed by atoms with Crippen LogP contribution in [0.15, 0.2) is 29.3 Å². The number of anilines is 1. The molecule has 3 aromatic rings. The molecule has 0 saturated carbocycles. The van der Waals surface area contributed by atoms with E-state index in [1.165, 1.54) is 15.8 Å². The highest BCUT2D eigenvalue weighted by Crippen LogP contribution is 2.35. The van der Waals surface area contributed by atoms with E-state index in [1.807, 2.05) is 13.8 Å². The van der Waals surface area contributed by atoms with Crippen molar-refractivity contribution >= 4 is 33.1 Å². The van der Waals surface area contributed by atoms with Gasteiger partial charge in [0.2, 0.25) is 5.91 Å². The summed E-state index contributed by atoms with van der Waals surface area (Å²) in [6.07, 6.45) is 4.43. The van der Waals surface area contributed by atoms with Crippen molar-refractivity contribution < 1.29 is 14.3 Å². The van der Waals surface area contributed by atoms with Crippen molar-refractivity contribution in [3.63, 3.8) is 0 Å². The fraction of sp³-hybridized carbons (Fsp3) is 0.435. The number of nitrogens with one attached hydrogen (secondary N) is 1. The van der Waals surface area contributed by atoms with Gasteiger partial charge in [-0.1, -0.05) is 6.92 Å². The topological polar surface area (TPSA) is 82.4 Å². The summed E-state index contributed by atoms with van der Waals surface area (Å²) in [6.45, 7) is 6.89. The van der Waals surface area contributed by atoms with Gasteiger partial charge < -0.3 is 14.8 Å². The number of carbonyl (C=O) groups is 1. The Morgan fingerprint density at radius 1 is 1.29 bits per heavy atom. The van der Waals surface area contributed by atoms with E-state index in [0.717, 1.165) is 29.7 Å². The van der Waals surface area contributed by atoms with Gasteiger partial charge in [-0.25, -0.2) is 4.98 Å². The number of nitrogens with zero attached hydrogens (tertiary/aromatic N) is 2. The van der Waals surface area contributed by atoms with E-state index in [2.05, 4.69) is 17.2 Å². The number of ether oxygens (including phenoxy) is 2. The molecule has 0 spiro atoms. The molecule has 31 heavy (non-hydrogen) atoms. The molecular formula is C23H27N3O4S. The number of benzene rings is 1. The van der Waals surface area contributed by atoms with E-state index in [-0.39, 0.29) is 18.0 Å². The molecule has 4 rings (SSSR count). The number of fused-ring (bicyclic) bond motifs is 3. The van der Waals surface area contributed by atoms with E-state index < -0.39 is 0 Å². The Morgan fingerprint density at radius 3 is 2.87 bits per heavy atom. The Kier molecular flexibility index (Phi) is 6.27. The highest BCUT2D eigenvalue weighted by Gasteiger charge is 2.23. The lowest BCUT2D eigenvalue weighted by Crippen LogP contribution is -2.28. The van der Waals surface area contributed by atoms with E-state index in [1.54, 1.807) is 29.5 Å². The van der Waals surface area contributed by atoms with Crippen LogP contribution in [0.2, 0.25) is 0 Å². The van der Waals surface area contributed by atoms with Gasteiger partial charge in [0.25, 0.3) is 5.56 Å². The average molecular weight is 442 g/mol. The molecule has 8 heteroatoms. The first-order valence-corrected chi connectivity index (χ1v) is 11.5. The maximum Gasteiger partial charge on any atom is 0.262 e. The first kappa shape index (κ1) is 21.4. The Morgan fingerprint density at radius 2 is 2.10 bits per heavy atom. The normalized spacial score (nSPS) is 15.5. The van der Waals surface area contributed by atoms with Gasteiger partial charge in [-0.2, -0.15) is 0 Å². The van der Waals surface area contributed by atoms with Gasteiger partial charge in [0.05, 0.1) is 30.6 Å². The first-order valence-electron chi connectivity index (χ1n) is 10.7. The molecule has 1 aromatic carbocycles. The molecule has 1 amide bonds. The predicted octanol–water partition coefficient (Wildman–Crippen LogP) is 4.02. The molecule has 0 fully saturated rings. The summed E-state index contributed by atoms with van der Waals surface area (Å²) in [6, 6.07) is 5.29. The highest BCUT2D eigenvalue weighted by atomic mass is 32.1. The predicted molar refractivity (Wildman–Crippen MR) is 122 cm³/mol. The molecule has 164 valence electrons. The van der Waals surface area contributed by atoms with Gasteiger partial charge in [0.1, 0.15) is 22.9 Å². The maximum atomic E-state index is 13.1. The highest BCUT2D eigenvalue weighted by molar-refractivity contribution is 7.18. The molecule has 2 heterocycles. The Balaban J connectivity index is 1.59. The number of thiophene rings is 1. The number of carbonyl (C=O) groups excluding carboxylic acids is 1. The summed E-state index contributed by atoms with van der Waals surface area (Å²) >= 11 is 1.61. The minimum absolute atomic E-state index is 0.118. The largest absolute Gasteiger partial charge is 0.494 e. The zero-order valence-electron chi connectivity index (χ0n) is 18.1. The molecule has 7 nitrogen and oxygen atoms in total. The van der Waals surface area contributed by atoms with Gasteiger partial charge in [-0.15, -0.1) is 11.3 Å². The van der Waals surface area contributed by atoms with Gasteiger partial charge in [-0.3, -0.25) is 14.2 Å². The minimum atomic E-state index is -0.324. The summed E-state index contributed by atoms with van der Waals surface area (Å²) < 4.78 is 12.5. The van der Waals surface area contributed by atoms with Crippen LogP contribution >= 0.6 is 11.3 Å². The zero-order chi connectivity index (χ0) is 22.0.